The molecule has 0 aliphatic heterocycles. The lowest BCUT2D eigenvalue weighted by atomic mass is 9.70. The van der Waals surface area contributed by atoms with E-state index in [2.05, 4.69) is 42.3 Å². The van der Waals surface area contributed by atoms with Gasteiger partial charge in [0.2, 0.25) is 5.91 Å². The van der Waals surface area contributed by atoms with E-state index < -0.39 is 0 Å². The molecule has 0 unspecified atom stereocenters. The zero-order chi connectivity index (χ0) is 18.7. The maximum Gasteiger partial charge on any atom is 0.220 e. The second-order valence-electron chi connectivity index (χ2n) is 7.38. The van der Waals surface area contributed by atoms with Gasteiger partial charge < -0.3 is 5.32 Å². The molecule has 2 aromatic rings. The number of amides is 1. The van der Waals surface area contributed by atoms with E-state index >= 15 is 0 Å². The van der Waals surface area contributed by atoms with Crippen LogP contribution in [0, 0.1) is 13.8 Å². The van der Waals surface area contributed by atoms with Crippen LogP contribution in [-0.4, -0.2) is 10.9 Å². The Bertz CT molecular complexity index is 777. The second kappa shape index (κ2) is 7.79. The first-order valence-corrected chi connectivity index (χ1v) is 9.82. The molecule has 1 aliphatic carbocycles. The number of nitrogens with zero attached hydrogens (tertiary/aromatic N) is 1. The van der Waals surface area contributed by atoms with Crippen molar-refractivity contribution in [3.63, 3.8) is 0 Å². The van der Waals surface area contributed by atoms with Gasteiger partial charge in [-0.2, -0.15) is 0 Å². The smallest absolute Gasteiger partial charge is 0.220 e. The van der Waals surface area contributed by atoms with Crippen LogP contribution < -0.4 is 5.32 Å². The standard InChI is InChI=1S/C22H27ClN2O/c1-4-21(26)25-22(18-5-7-19(23)8-6-18)12-9-17(10-13-22)20-11-14-24-16(3)15(20)2/h5-8,11,14,17H,4,9-10,12-13H2,1-3H3,(H,25,26). The number of hydrogen-bond donors (Lipinski definition) is 1. The molecule has 3 rings (SSSR count). The summed E-state index contributed by atoms with van der Waals surface area (Å²) in [5.41, 5.74) is 4.68. The first kappa shape index (κ1) is 18.9. The molecule has 1 aromatic carbocycles. The SMILES string of the molecule is CCC(=O)NC1(c2ccc(Cl)cc2)CCC(c2ccnc(C)c2C)CC1. The number of carbonyl (C=O) groups excluding carboxylic acids is 1. The third-order valence-corrected chi connectivity index (χ3v) is 6.13. The van der Waals surface area contributed by atoms with E-state index in [1.807, 2.05) is 25.3 Å². The molecule has 1 fully saturated rings. The molecule has 1 N–H and O–H groups in total. The molecule has 0 radical (unpaired) electrons. The van der Waals surface area contributed by atoms with E-state index in [4.69, 9.17) is 11.6 Å². The summed E-state index contributed by atoms with van der Waals surface area (Å²) in [5, 5.41) is 4.05. The van der Waals surface area contributed by atoms with E-state index in [0.29, 0.717) is 12.3 Å². The van der Waals surface area contributed by atoms with Gasteiger partial charge >= 0.3 is 0 Å². The summed E-state index contributed by atoms with van der Waals surface area (Å²) in [5.74, 6) is 0.630. The molecule has 1 amide bonds. The Labute approximate surface area is 161 Å². The minimum absolute atomic E-state index is 0.106. The van der Waals surface area contributed by atoms with E-state index in [1.54, 1.807) is 0 Å². The molecular formula is C22H27ClN2O. The summed E-state index contributed by atoms with van der Waals surface area (Å²) in [6.45, 7) is 6.14. The third-order valence-electron chi connectivity index (χ3n) is 5.87. The van der Waals surface area contributed by atoms with Crippen LogP contribution in [0.1, 0.15) is 67.3 Å². The van der Waals surface area contributed by atoms with Crippen molar-refractivity contribution in [3.8, 4) is 0 Å². The maximum atomic E-state index is 12.2. The average molecular weight is 371 g/mol. The van der Waals surface area contributed by atoms with Gasteiger partial charge in [0, 0.05) is 23.3 Å². The molecular weight excluding hydrogens is 344 g/mol. The fourth-order valence-electron chi connectivity index (χ4n) is 4.13. The van der Waals surface area contributed by atoms with Gasteiger partial charge in [-0.05, 0) is 80.3 Å². The van der Waals surface area contributed by atoms with Gasteiger partial charge in [0.25, 0.3) is 0 Å². The highest BCUT2D eigenvalue weighted by molar-refractivity contribution is 6.30. The molecule has 1 heterocycles. The number of rotatable bonds is 4. The summed E-state index contributed by atoms with van der Waals surface area (Å²) < 4.78 is 0. The number of hydrogen-bond acceptors (Lipinski definition) is 2. The number of carbonyl (C=O) groups is 1. The quantitative estimate of drug-likeness (QED) is 0.779. The summed E-state index contributed by atoms with van der Waals surface area (Å²) in [4.78, 5) is 16.6. The van der Waals surface area contributed by atoms with Crippen molar-refractivity contribution in [1.29, 1.82) is 0 Å². The van der Waals surface area contributed by atoms with Crippen LogP contribution >= 0.6 is 11.6 Å². The van der Waals surface area contributed by atoms with Crippen LogP contribution in [0.25, 0.3) is 0 Å². The van der Waals surface area contributed by atoms with Crippen LogP contribution in [0.15, 0.2) is 36.5 Å². The van der Waals surface area contributed by atoms with Crippen molar-refractivity contribution in [2.24, 2.45) is 0 Å². The van der Waals surface area contributed by atoms with Crippen LogP contribution in [0.5, 0.6) is 0 Å². The van der Waals surface area contributed by atoms with E-state index in [0.717, 1.165) is 42.0 Å². The van der Waals surface area contributed by atoms with E-state index in [1.165, 1.54) is 11.1 Å². The molecule has 0 spiro atoms. The summed E-state index contributed by atoms with van der Waals surface area (Å²) in [6.07, 6.45) is 6.39. The lowest BCUT2D eigenvalue weighted by Gasteiger charge is -2.42. The normalized spacial score (nSPS) is 22.8. The summed E-state index contributed by atoms with van der Waals surface area (Å²) in [6, 6.07) is 10.1. The molecule has 3 nitrogen and oxygen atoms in total. The van der Waals surface area contributed by atoms with E-state index in [-0.39, 0.29) is 11.4 Å². The molecule has 0 bridgehead atoms. The lowest BCUT2D eigenvalue weighted by molar-refractivity contribution is -0.123. The zero-order valence-electron chi connectivity index (χ0n) is 15.8. The van der Waals surface area contributed by atoms with Gasteiger partial charge in [0.15, 0.2) is 0 Å². The minimum Gasteiger partial charge on any atom is -0.347 e. The van der Waals surface area contributed by atoms with Crippen LogP contribution in [0.4, 0.5) is 0 Å². The Balaban J connectivity index is 1.86. The van der Waals surface area contributed by atoms with Crippen LogP contribution in [0.2, 0.25) is 5.02 Å². The Morgan fingerprint density at radius 2 is 1.85 bits per heavy atom. The van der Waals surface area contributed by atoms with Crippen molar-refractivity contribution in [3.05, 3.63) is 63.9 Å². The second-order valence-corrected chi connectivity index (χ2v) is 7.81. The number of halogens is 1. The highest BCUT2D eigenvalue weighted by atomic mass is 35.5. The Morgan fingerprint density at radius 1 is 1.19 bits per heavy atom. The minimum atomic E-state index is -0.288. The monoisotopic (exact) mass is 370 g/mol. The van der Waals surface area contributed by atoms with Gasteiger partial charge in [-0.1, -0.05) is 30.7 Å². The molecule has 4 heteroatoms. The zero-order valence-corrected chi connectivity index (χ0v) is 16.6. The molecule has 1 aromatic heterocycles. The largest absolute Gasteiger partial charge is 0.347 e. The van der Waals surface area contributed by atoms with Crippen LogP contribution in [-0.2, 0) is 10.3 Å². The van der Waals surface area contributed by atoms with Gasteiger partial charge in [-0.25, -0.2) is 0 Å². The topological polar surface area (TPSA) is 42.0 Å². The van der Waals surface area contributed by atoms with Crippen molar-refractivity contribution in [2.45, 2.75) is 64.3 Å². The third kappa shape index (κ3) is 3.78. The molecule has 1 saturated carbocycles. The Kier molecular flexibility index (Phi) is 5.67. The predicted molar refractivity (Wildman–Crippen MR) is 106 cm³/mol. The van der Waals surface area contributed by atoms with Gasteiger partial charge in [0.05, 0.1) is 5.54 Å². The number of nitrogens with one attached hydrogen (secondary N) is 1. The summed E-state index contributed by atoms with van der Waals surface area (Å²) >= 11 is 6.07. The van der Waals surface area contributed by atoms with E-state index in [9.17, 15) is 4.79 Å². The fraction of sp³-hybridized carbons (Fsp3) is 0.455. The van der Waals surface area contributed by atoms with Gasteiger partial charge in [-0.3, -0.25) is 9.78 Å². The first-order chi connectivity index (χ1) is 12.4. The van der Waals surface area contributed by atoms with Gasteiger partial charge in [-0.15, -0.1) is 0 Å². The Hall–Kier alpha value is -1.87. The van der Waals surface area contributed by atoms with Crippen molar-refractivity contribution >= 4 is 17.5 Å². The van der Waals surface area contributed by atoms with Crippen molar-refractivity contribution in [2.75, 3.05) is 0 Å². The number of benzene rings is 1. The lowest BCUT2D eigenvalue weighted by Crippen LogP contribution is -2.47. The number of aryl methyl sites for hydroxylation is 1. The molecule has 138 valence electrons. The maximum absolute atomic E-state index is 12.2. The molecule has 1 aliphatic rings. The molecule has 26 heavy (non-hydrogen) atoms. The van der Waals surface area contributed by atoms with Crippen LogP contribution in [0.3, 0.4) is 0 Å². The molecule has 0 saturated heterocycles. The Morgan fingerprint density at radius 3 is 2.46 bits per heavy atom. The number of pyridine rings is 1. The summed E-state index contributed by atoms with van der Waals surface area (Å²) in [7, 11) is 0. The average Bonchev–Trinajstić information content (AvgIpc) is 2.65. The first-order valence-electron chi connectivity index (χ1n) is 9.44. The van der Waals surface area contributed by atoms with Crippen molar-refractivity contribution in [1.82, 2.24) is 10.3 Å². The fourth-order valence-corrected chi connectivity index (χ4v) is 4.26. The number of aromatic nitrogens is 1. The highest BCUT2D eigenvalue weighted by Crippen LogP contribution is 2.44. The van der Waals surface area contributed by atoms with Gasteiger partial charge in [0.1, 0.15) is 0 Å². The highest BCUT2D eigenvalue weighted by Gasteiger charge is 2.38. The predicted octanol–water partition coefficient (Wildman–Crippen LogP) is 5.43. The molecule has 0 atom stereocenters. The van der Waals surface area contributed by atoms with Crippen molar-refractivity contribution < 1.29 is 4.79 Å².